The van der Waals surface area contributed by atoms with Gasteiger partial charge in [0.05, 0.1) is 0 Å². The van der Waals surface area contributed by atoms with Crippen molar-refractivity contribution in [3.8, 4) is 0 Å². The van der Waals surface area contributed by atoms with E-state index in [-0.39, 0.29) is 0 Å². The molecule has 2 N–H and O–H groups in total. The molecule has 1 fully saturated rings. The highest BCUT2D eigenvalue weighted by Crippen LogP contribution is 2.24. The molecule has 1 aliphatic heterocycles. The van der Waals surface area contributed by atoms with E-state index in [1.165, 1.54) is 50.8 Å². The fourth-order valence-electron chi connectivity index (χ4n) is 3.25. The summed E-state index contributed by atoms with van der Waals surface area (Å²) < 4.78 is 0. The summed E-state index contributed by atoms with van der Waals surface area (Å²) in [6, 6.07) is 11.3. The van der Waals surface area contributed by atoms with E-state index in [0.29, 0.717) is 12.0 Å². The number of rotatable bonds is 4. The third kappa shape index (κ3) is 4.05. The fourth-order valence-corrected chi connectivity index (χ4v) is 3.25. The number of hydrogen-bond acceptors (Lipinski definition) is 2. The highest BCUT2D eigenvalue weighted by atomic mass is 15.2. The highest BCUT2D eigenvalue weighted by Gasteiger charge is 2.24. The monoisotopic (exact) mass is 260 g/mol. The van der Waals surface area contributed by atoms with E-state index in [9.17, 15) is 0 Å². The zero-order valence-electron chi connectivity index (χ0n) is 12.2. The smallest absolute Gasteiger partial charge is 0.0284 e. The minimum atomic E-state index is 0.487. The lowest BCUT2D eigenvalue weighted by Crippen LogP contribution is -2.45. The molecule has 0 radical (unpaired) electrons. The molecular weight excluding hydrogens is 232 g/mol. The Balaban J connectivity index is 2.05. The molecule has 1 aliphatic rings. The molecule has 2 heteroatoms. The van der Waals surface area contributed by atoms with E-state index in [4.69, 9.17) is 5.73 Å². The summed E-state index contributed by atoms with van der Waals surface area (Å²) in [5.41, 5.74) is 7.51. The van der Waals surface area contributed by atoms with Crippen LogP contribution < -0.4 is 5.73 Å². The molecule has 1 heterocycles. The molecule has 0 bridgehead atoms. The van der Waals surface area contributed by atoms with E-state index in [1.54, 1.807) is 0 Å². The van der Waals surface area contributed by atoms with Crippen molar-refractivity contribution in [2.24, 2.45) is 5.73 Å². The molecular formula is C17H28N2. The summed E-state index contributed by atoms with van der Waals surface area (Å²) in [6.45, 7) is 5.53. The minimum absolute atomic E-state index is 0.487. The zero-order chi connectivity index (χ0) is 13.5. The van der Waals surface area contributed by atoms with Crippen molar-refractivity contribution in [1.82, 2.24) is 4.90 Å². The molecule has 2 atom stereocenters. The van der Waals surface area contributed by atoms with Gasteiger partial charge in [0.25, 0.3) is 0 Å². The van der Waals surface area contributed by atoms with E-state index in [2.05, 4.69) is 42.2 Å². The lowest BCUT2D eigenvalue weighted by Gasteiger charge is -2.36. The maximum Gasteiger partial charge on any atom is 0.0284 e. The molecule has 106 valence electrons. The number of nitrogens with two attached hydrogens (primary N) is 1. The SMILES string of the molecule is CC(c1ccccc1)C(CN)N1CCCCCCC1. The second kappa shape index (κ2) is 7.66. The van der Waals surface area contributed by atoms with Gasteiger partial charge in [-0.2, -0.15) is 0 Å². The first kappa shape index (κ1) is 14.5. The van der Waals surface area contributed by atoms with Gasteiger partial charge in [-0.3, -0.25) is 4.90 Å². The van der Waals surface area contributed by atoms with Crippen LogP contribution in [0.5, 0.6) is 0 Å². The summed E-state index contributed by atoms with van der Waals surface area (Å²) in [6.07, 6.45) is 6.84. The first-order valence-electron chi connectivity index (χ1n) is 7.82. The Morgan fingerprint density at radius 2 is 1.58 bits per heavy atom. The molecule has 19 heavy (non-hydrogen) atoms. The van der Waals surface area contributed by atoms with E-state index >= 15 is 0 Å². The van der Waals surface area contributed by atoms with Crippen molar-refractivity contribution in [2.75, 3.05) is 19.6 Å². The van der Waals surface area contributed by atoms with Crippen LogP contribution in [-0.4, -0.2) is 30.6 Å². The van der Waals surface area contributed by atoms with Gasteiger partial charge in [0, 0.05) is 12.6 Å². The van der Waals surface area contributed by atoms with Crippen LogP contribution in [0.15, 0.2) is 30.3 Å². The molecule has 2 rings (SSSR count). The summed E-state index contributed by atoms with van der Waals surface area (Å²) in [5.74, 6) is 0.519. The predicted octanol–water partition coefficient (Wildman–Crippen LogP) is 3.38. The van der Waals surface area contributed by atoms with Crippen molar-refractivity contribution in [1.29, 1.82) is 0 Å². The minimum Gasteiger partial charge on any atom is -0.329 e. The topological polar surface area (TPSA) is 29.3 Å². The molecule has 1 saturated heterocycles. The van der Waals surface area contributed by atoms with Gasteiger partial charge in [0.2, 0.25) is 0 Å². The van der Waals surface area contributed by atoms with Crippen molar-refractivity contribution in [3.05, 3.63) is 35.9 Å². The summed E-state index contributed by atoms with van der Waals surface area (Å²) >= 11 is 0. The fraction of sp³-hybridized carbons (Fsp3) is 0.647. The molecule has 1 aromatic carbocycles. The van der Waals surface area contributed by atoms with Gasteiger partial charge in [0.1, 0.15) is 0 Å². The average Bonchev–Trinajstić information content (AvgIpc) is 2.42. The van der Waals surface area contributed by atoms with Crippen LogP contribution in [0.4, 0.5) is 0 Å². The predicted molar refractivity (Wildman–Crippen MR) is 82.4 cm³/mol. The Bertz CT molecular complexity index is 342. The van der Waals surface area contributed by atoms with Crippen molar-refractivity contribution < 1.29 is 0 Å². The van der Waals surface area contributed by atoms with Gasteiger partial charge in [0.15, 0.2) is 0 Å². The van der Waals surface area contributed by atoms with Crippen LogP contribution in [0.3, 0.4) is 0 Å². The van der Waals surface area contributed by atoms with Crippen molar-refractivity contribution >= 4 is 0 Å². The highest BCUT2D eigenvalue weighted by molar-refractivity contribution is 5.20. The third-order valence-electron chi connectivity index (χ3n) is 4.50. The van der Waals surface area contributed by atoms with Gasteiger partial charge >= 0.3 is 0 Å². The summed E-state index contributed by atoms with van der Waals surface area (Å²) in [5, 5.41) is 0. The largest absolute Gasteiger partial charge is 0.329 e. The van der Waals surface area contributed by atoms with Crippen LogP contribution in [0.25, 0.3) is 0 Å². The van der Waals surface area contributed by atoms with Gasteiger partial charge in [-0.05, 0) is 37.4 Å². The molecule has 0 amide bonds. The lowest BCUT2D eigenvalue weighted by molar-refractivity contribution is 0.164. The normalized spacial score (nSPS) is 21.4. The van der Waals surface area contributed by atoms with Gasteiger partial charge in [-0.1, -0.05) is 56.5 Å². The zero-order valence-corrected chi connectivity index (χ0v) is 12.2. The van der Waals surface area contributed by atoms with E-state index in [1.807, 2.05) is 0 Å². The maximum absolute atomic E-state index is 6.09. The van der Waals surface area contributed by atoms with Crippen LogP contribution in [0, 0.1) is 0 Å². The third-order valence-corrected chi connectivity index (χ3v) is 4.50. The quantitative estimate of drug-likeness (QED) is 0.899. The molecule has 2 unspecified atom stereocenters. The summed E-state index contributed by atoms with van der Waals surface area (Å²) in [7, 11) is 0. The van der Waals surface area contributed by atoms with E-state index < -0.39 is 0 Å². The second-order valence-electron chi connectivity index (χ2n) is 5.81. The molecule has 0 saturated carbocycles. The Kier molecular flexibility index (Phi) is 5.87. The van der Waals surface area contributed by atoms with Crippen LogP contribution in [0.2, 0.25) is 0 Å². The van der Waals surface area contributed by atoms with E-state index in [0.717, 1.165) is 6.54 Å². The number of likely N-dealkylation sites (tertiary alicyclic amines) is 1. The van der Waals surface area contributed by atoms with Crippen molar-refractivity contribution in [3.63, 3.8) is 0 Å². The maximum atomic E-state index is 6.09. The number of nitrogens with zero attached hydrogens (tertiary/aromatic N) is 1. The number of hydrogen-bond donors (Lipinski definition) is 1. The standard InChI is InChI=1S/C17H28N2/c1-15(16-10-6-5-7-11-16)17(14-18)19-12-8-3-2-4-9-13-19/h5-7,10-11,15,17H,2-4,8-9,12-14,18H2,1H3. The molecule has 2 nitrogen and oxygen atoms in total. The van der Waals surface area contributed by atoms with Crippen LogP contribution in [-0.2, 0) is 0 Å². The molecule has 0 spiro atoms. The molecule has 1 aromatic rings. The Morgan fingerprint density at radius 1 is 1.00 bits per heavy atom. The average molecular weight is 260 g/mol. The second-order valence-corrected chi connectivity index (χ2v) is 5.81. The Labute approximate surface area is 118 Å². The van der Waals surface area contributed by atoms with Gasteiger partial charge in [-0.15, -0.1) is 0 Å². The summed E-state index contributed by atoms with van der Waals surface area (Å²) in [4.78, 5) is 2.64. The number of benzene rings is 1. The molecule has 0 aromatic heterocycles. The Hall–Kier alpha value is -0.860. The van der Waals surface area contributed by atoms with Gasteiger partial charge in [-0.25, -0.2) is 0 Å². The molecule has 0 aliphatic carbocycles. The first-order chi connectivity index (χ1) is 9.33. The van der Waals surface area contributed by atoms with Crippen molar-refractivity contribution in [2.45, 2.75) is 51.0 Å². The van der Waals surface area contributed by atoms with Gasteiger partial charge < -0.3 is 5.73 Å². The van der Waals surface area contributed by atoms with Crippen LogP contribution in [0.1, 0.15) is 50.5 Å². The Morgan fingerprint density at radius 3 is 2.16 bits per heavy atom. The first-order valence-corrected chi connectivity index (χ1v) is 7.82. The lowest BCUT2D eigenvalue weighted by atomic mass is 9.91. The van der Waals surface area contributed by atoms with Crippen LogP contribution >= 0.6 is 0 Å².